The molecule has 0 heterocycles. The Kier molecular flexibility index (Phi) is 6.53. The molecule has 0 aliphatic rings. The Morgan fingerprint density at radius 1 is 1.05 bits per heavy atom. The summed E-state index contributed by atoms with van der Waals surface area (Å²) < 4.78 is 10.7. The predicted octanol–water partition coefficient (Wildman–Crippen LogP) is 4.43. The molecular weight excluding hydrogens is 262 g/mol. The van der Waals surface area contributed by atoms with Crippen molar-refractivity contribution in [2.45, 2.75) is 46.6 Å². The van der Waals surface area contributed by atoms with Crippen molar-refractivity contribution in [2.24, 2.45) is 11.3 Å². The standard InChI is InChI=1S/C18H31NO2/c1-13(12-18(2,3)4)8-17(19-5)14-9-15(20-6)11-16(10-14)21-7/h9-11,13,17,19H,8,12H2,1-7H3. The number of ether oxygens (including phenoxy) is 2. The summed E-state index contributed by atoms with van der Waals surface area (Å²) in [4.78, 5) is 0. The molecule has 120 valence electrons. The Bertz CT molecular complexity index is 415. The van der Waals surface area contributed by atoms with E-state index in [9.17, 15) is 0 Å². The molecule has 3 heteroatoms. The summed E-state index contributed by atoms with van der Waals surface area (Å²) in [5.41, 5.74) is 1.58. The first-order valence-corrected chi connectivity index (χ1v) is 7.69. The van der Waals surface area contributed by atoms with Crippen LogP contribution in [0.4, 0.5) is 0 Å². The van der Waals surface area contributed by atoms with Crippen molar-refractivity contribution in [3.8, 4) is 11.5 Å². The number of benzene rings is 1. The lowest BCUT2D eigenvalue weighted by Crippen LogP contribution is -2.21. The third-order valence-electron chi connectivity index (χ3n) is 3.72. The van der Waals surface area contributed by atoms with E-state index in [-0.39, 0.29) is 0 Å². The maximum Gasteiger partial charge on any atom is 0.122 e. The molecule has 1 aromatic carbocycles. The molecule has 1 rings (SSSR count). The van der Waals surface area contributed by atoms with E-state index < -0.39 is 0 Å². The molecule has 1 aromatic rings. The monoisotopic (exact) mass is 293 g/mol. The molecule has 3 nitrogen and oxygen atoms in total. The van der Waals surface area contributed by atoms with Crippen LogP contribution in [0, 0.1) is 11.3 Å². The van der Waals surface area contributed by atoms with Crippen LogP contribution in [0.5, 0.6) is 11.5 Å². The minimum atomic E-state index is 0.311. The zero-order chi connectivity index (χ0) is 16.0. The number of hydrogen-bond donors (Lipinski definition) is 1. The Balaban J connectivity index is 2.89. The van der Waals surface area contributed by atoms with Gasteiger partial charge in [0.05, 0.1) is 14.2 Å². The summed E-state index contributed by atoms with van der Waals surface area (Å²) in [6.07, 6.45) is 2.32. The normalized spacial score (nSPS) is 14.6. The molecule has 0 amide bonds. The van der Waals surface area contributed by atoms with Gasteiger partial charge in [0.1, 0.15) is 11.5 Å². The predicted molar refractivity (Wildman–Crippen MR) is 89.2 cm³/mol. The van der Waals surface area contributed by atoms with Gasteiger partial charge in [-0.2, -0.15) is 0 Å². The van der Waals surface area contributed by atoms with Gasteiger partial charge in [-0.1, -0.05) is 27.7 Å². The largest absolute Gasteiger partial charge is 0.497 e. The highest BCUT2D eigenvalue weighted by Gasteiger charge is 2.20. The Labute approximate surface area is 130 Å². The van der Waals surface area contributed by atoms with Gasteiger partial charge in [-0.25, -0.2) is 0 Å². The van der Waals surface area contributed by atoms with Crippen molar-refractivity contribution in [3.05, 3.63) is 23.8 Å². The Hall–Kier alpha value is -1.22. The van der Waals surface area contributed by atoms with Gasteiger partial charge in [0.2, 0.25) is 0 Å². The lowest BCUT2D eigenvalue weighted by Gasteiger charge is -2.27. The minimum Gasteiger partial charge on any atom is -0.497 e. The number of rotatable bonds is 7. The number of hydrogen-bond acceptors (Lipinski definition) is 3. The molecule has 0 fully saturated rings. The highest BCUT2D eigenvalue weighted by molar-refractivity contribution is 5.39. The van der Waals surface area contributed by atoms with Crippen LogP contribution < -0.4 is 14.8 Å². The van der Waals surface area contributed by atoms with Crippen molar-refractivity contribution < 1.29 is 9.47 Å². The molecule has 0 aromatic heterocycles. The molecule has 2 unspecified atom stereocenters. The molecule has 0 aliphatic heterocycles. The maximum atomic E-state index is 5.37. The first kappa shape index (κ1) is 17.8. The number of methoxy groups -OCH3 is 2. The van der Waals surface area contributed by atoms with Crippen LogP contribution in [0.1, 0.15) is 52.1 Å². The van der Waals surface area contributed by atoms with Crippen molar-refractivity contribution in [3.63, 3.8) is 0 Å². The van der Waals surface area contributed by atoms with E-state index >= 15 is 0 Å². The zero-order valence-corrected chi connectivity index (χ0v) is 14.6. The van der Waals surface area contributed by atoms with Gasteiger partial charge in [0, 0.05) is 12.1 Å². The van der Waals surface area contributed by atoms with Crippen molar-refractivity contribution >= 4 is 0 Å². The lowest BCUT2D eigenvalue weighted by molar-refractivity contribution is 0.278. The van der Waals surface area contributed by atoms with E-state index in [0.29, 0.717) is 17.4 Å². The van der Waals surface area contributed by atoms with E-state index in [2.05, 4.69) is 45.1 Å². The maximum absolute atomic E-state index is 5.37. The van der Waals surface area contributed by atoms with Crippen molar-refractivity contribution in [1.82, 2.24) is 5.32 Å². The van der Waals surface area contributed by atoms with Crippen LogP contribution in [0.3, 0.4) is 0 Å². The zero-order valence-electron chi connectivity index (χ0n) is 14.6. The van der Waals surface area contributed by atoms with Crippen LogP contribution in [-0.4, -0.2) is 21.3 Å². The third kappa shape index (κ3) is 5.96. The molecule has 0 saturated heterocycles. The van der Waals surface area contributed by atoms with Crippen molar-refractivity contribution in [2.75, 3.05) is 21.3 Å². The van der Waals surface area contributed by atoms with Gasteiger partial charge >= 0.3 is 0 Å². The average Bonchev–Trinajstić information content (AvgIpc) is 2.42. The summed E-state index contributed by atoms with van der Waals surface area (Å²) in [6, 6.07) is 6.40. The molecule has 1 N–H and O–H groups in total. The molecule has 0 saturated carbocycles. The molecule has 0 bridgehead atoms. The Morgan fingerprint density at radius 2 is 1.57 bits per heavy atom. The van der Waals surface area contributed by atoms with Crippen LogP contribution >= 0.6 is 0 Å². The van der Waals surface area contributed by atoms with Crippen LogP contribution in [-0.2, 0) is 0 Å². The van der Waals surface area contributed by atoms with Gasteiger partial charge in [0.25, 0.3) is 0 Å². The fraction of sp³-hybridized carbons (Fsp3) is 0.667. The highest BCUT2D eigenvalue weighted by Crippen LogP contribution is 2.33. The van der Waals surface area contributed by atoms with Crippen LogP contribution in [0.15, 0.2) is 18.2 Å². The van der Waals surface area contributed by atoms with Crippen LogP contribution in [0.25, 0.3) is 0 Å². The van der Waals surface area contributed by atoms with E-state index in [4.69, 9.17) is 9.47 Å². The van der Waals surface area contributed by atoms with E-state index in [1.807, 2.05) is 13.1 Å². The third-order valence-corrected chi connectivity index (χ3v) is 3.72. The average molecular weight is 293 g/mol. The fourth-order valence-electron chi connectivity index (χ4n) is 2.98. The molecule has 21 heavy (non-hydrogen) atoms. The summed E-state index contributed by atoms with van der Waals surface area (Å²) in [5.74, 6) is 2.33. The molecular formula is C18H31NO2. The number of nitrogens with one attached hydrogen (secondary N) is 1. The smallest absolute Gasteiger partial charge is 0.122 e. The summed E-state index contributed by atoms with van der Waals surface area (Å²) in [5, 5.41) is 3.43. The van der Waals surface area contributed by atoms with Gasteiger partial charge in [0.15, 0.2) is 0 Å². The first-order valence-electron chi connectivity index (χ1n) is 7.69. The van der Waals surface area contributed by atoms with E-state index in [1.165, 1.54) is 12.0 Å². The molecule has 2 atom stereocenters. The quantitative estimate of drug-likeness (QED) is 0.807. The van der Waals surface area contributed by atoms with Gasteiger partial charge in [-0.3, -0.25) is 0 Å². The minimum absolute atomic E-state index is 0.311. The summed E-state index contributed by atoms with van der Waals surface area (Å²) in [7, 11) is 5.39. The van der Waals surface area contributed by atoms with Gasteiger partial charge in [-0.05, 0) is 48.9 Å². The van der Waals surface area contributed by atoms with Gasteiger partial charge < -0.3 is 14.8 Å². The molecule has 0 radical (unpaired) electrons. The lowest BCUT2D eigenvalue weighted by atomic mass is 9.82. The second kappa shape index (κ2) is 7.69. The van der Waals surface area contributed by atoms with E-state index in [0.717, 1.165) is 17.9 Å². The Morgan fingerprint density at radius 3 is 1.95 bits per heavy atom. The topological polar surface area (TPSA) is 30.5 Å². The summed E-state index contributed by atoms with van der Waals surface area (Å²) in [6.45, 7) is 9.22. The second-order valence-electron chi connectivity index (χ2n) is 7.09. The summed E-state index contributed by atoms with van der Waals surface area (Å²) >= 11 is 0. The van der Waals surface area contributed by atoms with Crippen LogP contribution in [0.2, 0.25) is 0 Å². The first-order chi connectivity index (χ1) is 9.78. The second-order valence-corrected chi connectivity index (χ2v) is 7.09. The SMILES string of the molecule is CNC(CC(C)CC(C)(C)C)c1cc(OC)cc(OC)c1. The van der Waals surface area contributed by atoms with Crippen molar-refractivity contribution in [1.29, 1.82) is 0 Å². The van der Waals surface area contributed by atoms with Gasteiger partial charge in [-0.15, -0.1) is 0 Å². The van der Waals surface area contributed by atoms with E-state index in [1.54, 1.807) is 14.2 Å². The highest BCUT2D eigenvalue weighted by atomic mass is 16.5. The fourth-order valence-corrected chi connectivity index (χ4v) is 2.98. The molecule has 0 spiro atoms. The molecule has 0 aliphatic carbocycles.